The van der Waals surface area contributed by atoms with E-state index < -0.39 is 5.60 Å². The molecule has 0 radical (unpaired) electrons. The van der Waals surface area contributed by atoms with Crippen molar-refractivity contribution in [2.24, 2.45) is 4.99 Å². The lowest BCUT2D eigenvalue weighted by atomic mass is 10.2. The molecule has 0 aromatic rings. The molecule has 1 aliphatic rings. The molecule has 1 saturated heterocycles. The molecule has 6 nitrogen and oxygen atoms in total. The van der Waals surface area contributed by atoms with Gasteiger partial charge in [-0.15, -0.1) is 30.4 Å². The zero-order valence-corrected chi connectivity index (χ0v) is 15.4. The number of guanidine groups is 1. The van der Waals surface area contributed by atoms with Gasteiger partial charge in [0.05, 0.1) is 12.6 Å². The van der Waals surface area contributed by atoms with E-state index in [-0.39, 0.29) is 36.1 Å². The summed E-state index contributed by atoms with van der Waals surface area (Å²) in [4.78, 5) is 17.9. The summed E-state index contributed by atoms with van der Waals surface area (Å²) < 4.78 is 5.25. The van der Waals surface area contributed by atoms with Gasteiger partial charge in [-0.3, -0.25) is 4.99 Å². The number of terminal acetylenes is 1. The van der Waals surface area contributed by atoms with Gasteiger partial charge in [0.1, 0.15) is 5.60 Å². The molecule has 2 N–H and O–H groups in total. The Hall–Kier alpha value is -1.17. The van der Waals surface area contributed by atoms with E-state index in [1.807, 2.05) is 20.8 Å². The van der Waals surface area contributed by atoms with Gasteiger partial charge in [-0.2, -0.15) is 0 Å². The van der Waals surface area contributed by atoms with Crippen molar-refractivity contribution in [3.63, 3.8) is 0 Å². The van der Waals surface area contributed by atoms with Crippen molar-refractivity contribution in [3.05, 3.63) is 0 Å². The number of likely N-dealkylation sites (tertiary alicyclic amines) is 1. The number of alkyl carbamates (subject to hydrolysis) is 1. The summed E-state index contributed by atoms with van der Waals surface area (Å²) in [5.41, 5.74) is -0.479. The number of amides is 1. The van der Waals surface area contributed by atoms with Gasteiger partial charge in [0.25, 0.3) is 0 Å². The Kier molecular flexibility index (Phi) is 8.47. The molecule has 1 heterocycles. The molecular formula is C14H25IN4O2. The maximum absolute atomic E-state index is 11.7. The molecule has 7 heteroatoms. The van der Waals surface area contributed by atoms with E-state index in [9.17, 15) is 4.79 Å². The highest BCUT2D eigenvalue weighted by Gasteiger charge is 2.27. The molecular weight excluding hydrogens is 383 g/mol. The van der Waals surface area contributed by atoms with Gasteiger partial charge in [-0.25, -0.2) is 4.79 Å². The quantitative estimate of drug-likeness (QED) is 0.314. The first kappa shape index (κ1) is 19.8. The summed E-state index contributed by atoms with van der Waals surface area (Å²) in [6.07, 6.45) is 5.70. The van der Waals surface area contributed by atoms with Crippen molar-refractivity contribution in [2.75, 3.05) is 26.7 Å². The third-order valence-electron chi connectivity index (χ3n) is 2.77. The molecule has 0 spiro atoms. The summed E-state index contributed by atoms with van der Waals surface area (Å²) in [6, 6.07) is 0.0641. The van der Waals surface area contributed by atoms with Gasteiger partial charge < -0.3 is 20.3 Å². The van der Waals surface area contributed by atoms with Crippen LogP contribution < -0.4 is 10.6 Å². The lowest BCUT2D eigenvalue weighted by molar-refractivity contribution is 0.0507. The minimum atomic E-state index is -0.479. The second-order valence-corrected chi connectivity index (χ2v) is 5.68. The summed E-state index contributed by atoms with van der Waals surface area (Å²) >= 11 is 0. The highest BCUT2D eigenvalue weighted by molar-refractivity contribution is 14.0. The number of hydrogen-bond donors (Lipinski definition) is 2. The molecule has 120 valence electrons. The summed E-state index contributed by atoms with van der Waals surface area (Å²) in [6.45, 7) is 7.50. The fourth-order valence-corrected chi connectivity index (χ4v) is 2.01. The Labute approximate surface area is 144 Å². The smallest absolute Gasteiger partial charge is 0.407 e. The van der Waals surface area contributed by atoms with Crippen LogP contribution in [0.3, 0.4) is 0 Å². The Bertz CT molecular complexity index is 412. The van der Waals surface area contributed by atoms with Crippen molar-refractivity contribution in [1.82, 2.24) is 15.5 Å². The number of ether oxygens (including phenoxy) is 1. The SMILES string of the molecule is C#CCNC(=NC)N1CCC(NC(=O)OC(C)(C)C)C1.I. The first-order valence-electron chi connectivity index (χ1n) is 6.74. The summed E-state index contributed by atoms with van der Waals surface area (Å²) in [7, 11) is 1.72. The van der Waals surface area contributed by atoms with Crippen molar-refractivity contribution in [2.45, 2.75) is 38.8 Å². The molecule has 1 aliphatic heterocycles. The molecule has 0 aromatic heterocycles. The molecule has 1 atom stereocenters. The molecule has 0 aromatic carbocycles. The lowest BCUT2D eigenvalue weighted by Gasteiger charge is -2.23. The van der Waals surface area contributed by atoms with Crippen LogP contribution in [-0.4, -0.2) is 55.3 Å². The zero-order chi connectivity index (χ0) is 15.2. The van der Waals surface area contributed by atoms with Gasteiger partial charge in [0, 0.05) is 20.1 Å². The predicted octanol–water partition coefficient (Wildman–Crippen LogP) is 1.41. The van der Waals surface area contributed by atoms with Crippen molar-refractivity contribution in [3.8, 4) is 12.3 Å². The number of aliphatic imine (C=N–C) groups is 1. The standard InChI is InChI=1S/C14H24N4O2.HI/c1-6-8-16-12(15-5)18-9-7-11(10-18)17-13(19)20-14(2,3)4;/h1,11H,7-10H2,2-5H3,(H,15,16)(H,17,19);1H. The van der Waals surface area contributed by atoms with Crippen LogP contribution in [0.2, 0.25) is 0 Å². The lowest BCUT2D eigenvalue weighted by Crippen LogP contribution is -2.44. The minimum absolute atomic E-state index is 0. The fraction of sp³-hybridized carbons (Fsp3) is 0.714. The maximum atomic E-state index is 11.7. The maximum Gasteiger partial charge on any atom is 0.407 e. The highest BCUT2D eigenvalue weighted by Crippen LogP contribution is 2.11. The second kappa shape index (κ2) is 8.97. The normalized spacial score (nSPS) is 18.5. The van der Waals surface area contributed by atoms with Crippen molar-refractivity contribution < 1.29 is 9.53 Å². The second-order valence-electron chi connectivity index (χ2n) is 5.68. The Morgan fingerprint density at radius 1 is 1.52 bits per heavy atom. The first-order chi connectivity index (χ1) is 9.35. The molecule has 0 aliphatic carbocycles. The molecule has 21 heavy (non-hydrogen) atoms. The van der Waals surface area contributed by atoms with Gasteiger partial charge in [0.2, 0.25) is 0 Å². The predicted molar refractivity (Wildman–Crippen MR) is 95.0 cm³/mol. The first-order valence-corrected chi connectivity index (χ1v) is 6.74. The van der Waals surface area contributed by atoms with Crippen molar-refractivity contribution in [1.29, 1.82) is 0 Å². The van der Waals surface area contributed by atoms with Gasteiger partial charge in [0.15, 0.2) is 5.96 Å². The van der Waals surface area contributed by atoms with Crippen LogP contribution >= 0.6 is 24.0 Å². The van der Waals surface area contributed by atoms with Crippen LogP contribution in [0.5, 0.6) is 0 Å². The number of rotatable bonds is 2. The number of hydrogen-bond acceptors (Lipinski definition) is 3. The molecule has 1 rings (SSSR count). The summed E-state index contributed by atoms with van der Waals surface area (Å²) in [5, 5.41) is 5.94. The number of halogens is 1. The molecule has 0 saturated carbocycles. The van der Waals surface area contributed by atoms with Crippen LogP contribution in [0.15, 0.2) is 4.99 Å². The Balaban J connectivity index is 0.00000400. The largest absolute Gasteiger partial charge is 0.444 e. The van der Waals surface area contributed by atoms with Crippen LogP contribution in [0.4, 0.5) is 4.79 Å². The van der Waals surface area contributed by atoms with Gasteiger partial charge in [-0.1, -0.05) is 5.92 Å². The van der Waals surface area contributed by atoms with E-state index in [1.165, 1.54) is 0 Å². The van der Waals surface area contributed by atoms with E-state index in [1.54, 1.807) is 7.05 Å². The topological polar surface area (TPSA) is 66.0 Å². The third kappa shape index (κ3) is 7.41. The number of nitrogens with one attached hydrogen (secondary N) is 2. The van der Waals surface area contributed by atoms with Gasteiger partial charge in [-0.05, 0) is 27.2 Å². The average molecular weight is 408 g/mol. The Morgan fingerprint density at radius 2 is 2.19 bits per heavy atom. The van der Waals surface area contributed by atoms with E-state index in [0.29, 0.717) is 13.1 Å². The van der Waals surface area contributed by atoms with Crippen molar-refractivity contribution >= 4 is 36.0 Å². The van der Waals surface area contributed by atoms with Gasteiger partial charge >= 0.3 is 6.09 Å². The van der Waals surface area contributed by atoms with E-state index >= 15 is 0 Å². The minimum Gasteiger partial charge on any atom is -0.444 e. The van der Waals surface area contributed by atoms with E-state index in [4.69, 9.17) is 11.2 Å². The van der Waals surface area contributed by atoms with E-state index in [0.717, 1.165) is 18.9 Å². The number of carbonyl (C=O) groups is 1. The van der Waals surface area contributed by atoms with Crippen LogP contribution in [-0.2, 0) is 4.74 Å². The number of carbonyl (C=O) groups excluding carboxylic acids is 1. The number of nitrogens with zero attached hydrogens (tertiary/aromatic N) is 2. The monoisotopic (exact) mass is 408 g/mol. The Morgan fingerprint density at radius 3 is 2.71 bits per heavy atom. The highest BCUT2D eigenvalue weighted by atomic mass is 127. The molecule has 1 fully saturated rings. The zero-order valence-electron chi connectivity index (χ0n) is 13.1. The van der Waals surface area contributed by atoms with Crippen LogP contribution in [0.25, 0.3) is 0 Å². The van der Waals surface area contributed by atoms with E-state index in [2.05, 4.69) is 26.4 Å². The molecule has 1 unspecified atom stereocenters. The average Bonchev–Trinajstić information content (AvgIpc) is 2.76. The fourth-order valence-electron chi connectivity index (χ4n) is 2.01. The summed E-state index contributed by atoms with van der Waals surface area (Å²) in [5.74, 6) is 3.28. The van der Waals surface area contributed by atoms with Crippen LogP contribution in [0, 0.1) is 12.3 Å². The third-order valence-corrected chi connectivity index (χ3v) is 2.77. The van der Waals surface area contributed by atoms with Crippen LogP contribution in [0.1, 0.15) is 27.2 Å². The molecule has 0 bridgehead atoms. The molecule has 1 amide bonds.